The number of aromatic nitrogens is 2. The molecule has 3 heteroatoms. The highest BCUT2D eigenvalue weighted by atomic mass is 32.1. The molecular weight excluding hydrogens is 132 g/mol. The average molecular weight is 142 g/mol. The zero-order chi connectivity index (χ0) is 6.69. The fourth-order valence-corrected chi connectivity index (χ4v) is 0.833. The molecule has 2 nitrogen and oxygen atoms in total. The van der Waals surface area contributed by atoms with Crippen LogP contribution in [0.3, 0.4) is 0 Å². The van der Waals surface area contributed by atoms with Crippen molar-refractivity contribution in [2.45, 2.75) is 19.2 Å². The Labute approximate surface area is 60.3 Å². The Kier molecular flexibility index (Phi) is 2.16. The summed E-state index contributed by atoms with van der Waals surface area (Å²) in [5, 5.41) is 4.19. The molecule has 50 valence electrons. The van der Waals surface area contributed by atoms with Gasteiger partial charge in [0.05, 0.1) is 5.69 Å². The van der Waals surface area contributed by atoms with Gasteiger partial charge in [-0.15, -0.1) is 0 Å². The van der Waals surface area contributed by atoms with Crippen LogP contribution in [0.5, 0.6) is 0 Å². The molecule has 0 unspecified atom stereocenters. The van der Waals surface area contributed by atoms with Crippen LogP contribution in [0, 0.1) is 0 Å². The molecule has 1 heterocycles. The van der Waals surface area contributed by atoms with Crippen LogP contribution < -0.4 is 0 Å². The molecule has 0 N–H and O–H groups in total. The van der Waals surface area contributed by atoms with E-state index in [1.165, 1.54) is 0 Å². The summed E-state index contributed by atoms with van der Waals surface area (Å²) in [5.41, 5.74) is 1.04. The van der Waals surface area contributed by atoms with Crippen LogP contribution in [0.4, 0.5) is 0 Å². The van der Waals surface area contributed by atoms with Gasteiger partial charge in [0.1, 0.15) is 0 Å². The van der Waals surface area contributed by atoms with E-state index in [2.05, 4.69) is 24.7 Å². The van der Waals surface area contributed by atoms with E-state index >= 15 is 0 Å². The van der Waals surface area contributed by atoms with Crippen LogP contribution in [0.1, 0.15) is 12.6 Å². The lowest BCUT2D eigenvalue weighted by Crippen LogP contribution is -1.94. The molecular formula is C6H10N2S. The number of nitrogens with zero attached hydrogens (tertiary/aromatic N) is 2. The summed E-state index contributed by atoms with van der Waals surface area (Å²) < 4.78 is 1.89. The molecule has 9 heavy (non-hydrogen) atoms. The molecule has 0 aromatic carbocycles. The molecule has 1 rings (SSSR count). The van der Waals surface area contributed by atoms with Crippen molar-refractivity contribution in [1.29, 1.82) is 0 Å². The summed E-state index contributed by atoms with van der Waals surface area (Å²) in [5.74, 6) is 0.729. The van der Waals surface area contributed by atoms with E-state index in [0.29, 0.717) is 0 Å². The molecule has 0 saturated carbocycles. The molecule has 1 aromatic heterocycles. The fraction of sp³-hybridized carbons (Fsp3) is 0.500. The van der Waals surface area contributed by atoms with Crippen LogP contribution in [-0.2, 0) is 12.3 Å². The largest absolute Gasteiger partial charge is 0.273 e. The van der Waals surface area contributed by atoms with Crippen molar-refractivity contribution in [2.24, 2.45) is 0 Å². The van der Waals surface area contributed by atoms with Gasteiger partial charge in [0, 0.05) is 18.5 Å². The van der Waals surface area contributed by atoms with Gasteiger partial charge in [0.25, 0.3) is 0 Å². The molecule has 0 amide bonds. The van der Waals surface area contributed by atoms with E-state index in [4.69, 9.17) is 0 Å². The summed E-state index contributed by atoms with van der Waals surface area (Å²) in [6.07, 6.45) is 1.96. The molecule has 1 aromatic rings. The van der Waals surface area contributed by atoms with Gasteiger partial charge >= 0.3 is 0 Å². The highest BCUT2D eigenvalue weighted by molar-refractivity contribution is 7.79. The van der Waals surface area contributed by atoms with Gasteiger partial charge in [-0.1, -0.05) is 0 Å². The van der Waals surface area contributed by atoms with Crippen LogP contribution in [-0.4, -0.2) is 9.78 Å². The third-order valence-corrected chi connectivity index (χ3v) is 1.51. The first-order valence-electron chi connectivity index (χ1n) is 3.00. The first-order chi connectivity index (χ1) is 4.36. The maximum absolute atomic E-state index is 4.19. The van der Waals surface area contributed by atoms with Gasteiger partial charge in [-0.25, -0.2) is 0 Å². The molecule has 0 radical (unpaired) electrons. The first-order valence-corrected chi connectivity index (χ1v) is 3.63. The van der Waals surface area contributed by atoms with E-state index in [1.807, 2.05) is 16.9 Å². The van der Waals surface area contributed by atoms with Crippen molar-refractivity contribution in [3.05, 3.63) is 18.0 Å². The second kappa shape index (κ2) is 2.92. The van der Waals surface area contributed by atoms with Gasteiger partial charge < -0.3 is 0 Å². The third-order valence-electron chi connectivity index (χ3n) is 1.18. The molecule has 0 spiro atoms. The SMILES string of the molecule is CCn1ccc(CS)n1. The van der Waals surface area contributed by atoms with E-state index in [-0.39, 0.29) is 0 Å². The van der Waals surface area contributed by atoms with Crippen molar-refractivity contribution in [3.63, 3.8) is 0 Å². The van der Waals surface area contributed by atoms with E-state index in [0.717, 1.165) is 18.0 Å². The Morgan fingerprint density at radius 3 is 2.89 bits per heavy atom. The van der Waals surface area contributed by atoms with E-state index in [1.54, 1.807) is 0 Å². The maximum atomic E-state index is 4.19. The third kappa shape index (κ3) is 1.48. The lowest BCUT2D eigenvalue weighted by Gasteiger charge is -1.90. The second-order valence-electron chi connectivity index (χ2n) is 1.82. The van der Waals surface area contributed by atoms with E-state index < -0.39 is 0 Å². The normalized spacial score (nSPS) is 10.0. The summed E-state index contributed by atoms with van der Waals surface area (Å²) in [6.45, 7) is 3.00. The van der Waals surface area contributed by atoms with Crippen molar-refractivity contribution in [3.8, 4) is 0 Å². The number of thiol groups is 1. The molecule has 0 aliphatic rings. The number of hydrogen-bond acceptors (Lipinski definition) is 2. The lowest BCUT2D eigenvalue weighted by atomic mass is 10.5. The molecule has 0 fully saturated rings. The quantitative estimate of drug-likeness (QED) is 0.617. The second-order valence-corrected chi connectivity index (χ2v) is 2.14. The van der Waals surface area contributed by atoms with Crippen molar-refractivity contribution in [2.75, 3.05) is 0 Å². The van der Waals surface area contributed by atoms with Crippen LogP contribution in [0.25, 0.3) is 0 Å². The predicted octanol–water partition coefficient (Wildman–Crippen LogP) is 1.33. The van der Waals surface area contributed by atoms with Gasteiger partial charge in [-0.05, 0) is 13.0 Å². The van der Waals surface area contributed by atoms with Crippen molar-refractivity contribution < 1.29 is 0 Å². The summed E-state index contributed by atoms with van der Waals surface area (Å²) in [4.78, 5) is 0. The van der Waals surface area contributed by atoms with Crippen molar-refractivity contribution in [1.82, 2.24) is 9.78 Å². The summed E-state index contributed by atoms with van der Waals surface area (Å²) >= 11 is 4.09. The van der Waals surface area contributed by atoms with Crippen LogP contribution in [0.2, 0.25) is 0 Å². The number of rotatable bonds is 2. The Hall–Kier alpha value is -0.440. The van der Waals surface area contributed by atoms with Gasteiger partial charge in [0.15, 0.2) is 0 Å². The molecule has 0 aliphatic heterocycles. The standard InChI is InChI=1S/C6H10N2S/c1-2-8-4-3-6(5-9)7-8/h3-4,9H,2,5H2,1H3. The highest BCUT2D eigenvalue weighted by Gasteiger charge is 1.91. The topological polar surface area (TPSA) is 17.8 Å². The smallest absolute Gasteiger partial charge is 0.0720 e. The molecule has 0 saturated heterocycles. The van der Waals surface area contributed by atoms with Gasteiger partial charge in [-0.3, -0.25) is 4.68 Å². The zero-order valence-electron chi connectivity index (χ0n) is 5.41. The van der Waals surface area contributed by atoms with Gasteiger partial charge in [-0.2, -0.15) is 17.7 Å². The monoisotopic (exact) mass is 142 g/mol. The fourth-order valence-electron chi connectivity index (χ4n) is 0.664. The number of aryl methyl sites for hydroxylation is 1. The first kappa shape index (κ1) is 6.68. The maximum Gasteiger partial charge on any atom is 0.0720 e. The molecule has 0 bridgehead atoms. The van der Waals surface area contributed by atoms with E-state index in [9.17, 15) is 0 Å². The Balaban J connectivity index is 2.74. The Morgan fingerprint density at radius 1 is 1.78 bits per heavy atom. The summed E-state index contributed by atoms with van der Waals surface area (Å²) in [7, 11) is 0. The minimum Gasteiger partial charge on any atom is -0.273 e. The zero-order valence-corrected chi connectivity index (χ0v) is 6.30. The minimum atomic E-state index is 0.729. The minimum absolute atomic E-state index is 0.729. The molecule has 0 aliphatic carbocycles. The lowest BCUT2D eigenvalue weighted by molar-refractivity contribution is 0.652. The van der Waals surface area contributed by atoms with Crippen LogP contribution in [0.15, 0.2) is 12.3 Å². The number of hydrogen-bond donors (Lipinski definition) is 1. The highest BCUT2D eigenvalue weighted by Crippen LogP contribution is 1.97. The molecule has 0 atom stereocenters. The van der Waals surface area contributed by atoms with Crippen LogP contribution >= 0.6 is 12.6 Å². The Bertz CT molecular complexity index is 164. The summed E-state index contributed by atoms with van der Waals surface area (Å²) in [6, 6.07) is 1.98. The predicted molar refractivity (Wildman–Crippen MR) is 40.6 cm³/mol. The van der Waals surface area contributed by atoms with Crippen molar-refractivity contribution >= 4 is 12.6 Å². The average Bonchev–Trinajstić information content (AvgIpc) is 2.34. The van der Waals surface area contributed by atoms with Gasteiger partial charge in [0.2, 0.25) is 0 Å². The Morgan fingerprint density at radius 2 is 2.56 bits per heavy atom.